The number of aromatic nitrogens is 1. The van der Waals surface area contributed by atoms with Crippen LogP contribution in [-0.2, 0) is 13.1 Å². The molecule has 1 heterocycles. The molecule has 0 radical (unpaired) electrons. The predicted molar refractivity (Wildman–Crippen MR) is 95.8 cm³/mol. The molecule has 0 saturated heterocycles. The highest BCUT2D eigenvalue weighted by molar-refractivity contribution is 7.13. The Morgan fingerprint density at radius 3 is 2.64 bits per heavy atom. The number of thiazole rings is 1. The van der Waals surface area contributed by atoms with E-state index in [4.69, 9.17) is 0 Å². The highest BCUT2D eigenvalue weighted by atomic mass is 32.1. The van der Waals surface area contributed by atoms with Crippen molar-refractivity contribution in [2.24, 2.45) is 0 Å². The molecule has 25 heavy (non-hydrogen) atoms. The summed E-state index contributed by atoms with van der Waals surface area (Å²) in [5.41, 5.74) is 3.02. The second kappa shape index (κ2) is 8.18. The fourth-order valence-electron chi connectivity index (χ4n) is 2.56. The highest BCUT2D eigenvalue weighted by Gasteiger charge is 2.09. The van der Waals surface area contributed by atoms with E-state index in [0.717, 1.165) is 21.8 Å². The zero-order chi connectivity index (χ0) is 17.6. The van der Waals surface area contributed by atoms with Crippen LogP contribution >= 0.6 is 11.3 Å². The molecule has 0 bridgehead atoms. The SMILES string of the molecule is CN(Cc1cccc(OC(F)F)c1)Cc1csc(-c2ccccc2)n1. The van der Waals surface area contributed by atoms with E-state index < -0.39 is 6.61 Å². The number of hydrogen-bond acceptors (Lipinski definition) is 4. The van der Waals surface area contributed by atoms with Crippen LogP contribution in [0.3, 0.4) is 0 Å². The lowest BCUT2D eigenvalue weighted by molar-refractivity contribution is -0.0499. The molecule has 0 aliphatic heterocycles. The third-order valence-corrected chi connectivity index (χ3v) is 4.52. The van der Waals surface area contributed by atoms with E-state index in [2.05, 4.69) is 20.0 Å². The molecule has 0 saturated carbocycles. The van der Waals surface area contributed by atoms with Gasteiger partial charge in [-0.1, -0.05) is 42.5 Å². The van der Waals surface area contributed by atoms with Gasteiger partial charge in [0, 0.05) is 24.0 Å². The van der Waals surface area contributed by atoms with Gasteiger partial charge in [0.05, 0.1) is 5.69 Å². The van der Waals surface area contributed by atoms with Crippen molar-refractivity contribution in [1.29, 1.82) is 0 Å². The van der Waals surface area contributed by atoms with Gasteiger partial charge in [0.2, 0.25) is 0 Å². The van der Waals surface area contributed by atoms with Gasteiger partial charge in [-0.3, -0.25) is 4.90 Å². The van der Waals surface area contributed by atoms with Gasteiger partial charge < -0.3 is 4.74 Å². The quantitative estimate of drug-likeness (QED) is 0.590. The fraction of sp³-hybridized carbons (Fsp3) is 0.211. The summed E-state index contributed by atoms with van der Waals surface area (Å²) in [6, 6.07) is 16.8. The molecule has 0 aliphatic rings. The molecule has 1 aromatic heterocycles. The number of ether oxygens (including phenoxy) is 1. The first kappa shape index (κ1) is 17.5. The molecule has 0 fully saturated rings. The summed E-state index contributed by atoms with van der Waals surface area (Å²) in [4.78, 5) is 6.76. The van der Waals surface area contributed by atoms with Crippen LogP contribution in [0.5, 0.6) is 5.75 Å². The normalized spacial score (nSPS) is 11.2. The molecule has 0 atom stereocenters. The molecule has 6 heteroatoms. The van der Waals surface area contributed by atoms with E-state index in [-0.39, 0.29) is 5.75 Å². The maximum atomic E-state index is 12.3. The summed E-state index contributed by atoms with van der Waals surface area (Å²) in [7, 11) is 1.97. The molecule has 0 amide bonds. The standard InChI is InChI=1S/C19H18F2N2OS/c1-23(11-14-6-5-9-17(10-14)24-19(20)21)12-16-13-25-18(22-16)15-7-3-2-4-8-15/h2-10,13,19H,11-12H2,1H3. The lowest BCUT2D eigenvalue weighted by Gasteiger charge is -2.16. The molecule has 0 spiro atoms. The Morgan fingerprint density at radius 2 is 1.88 bits per heavy atom. The number of rotatable bonds is 7. The molecule has 0 N–H and O–H groups in total. The van der Waals surface area contributed by atoms with Crippen LogP contribution in [0.25, 0.3) is 10.6 Å². The summed E-state index contributed by atoms with van der Waals surface area (Å²) in [6.07, 6.45) is 0. The van der Waals surface area contributed by atoms with Crippen LogP contribution < -0.4 is 4.74 Å². The molecule has 130 valence electrons. The molecule has 0 unspecified atom stereocenters. The van der Waals surface area contributed by atoms with E-state index in [1.165, 1.54) is 6.07 Å². The average molecular weight is 360 g/mol. The molecule has 3 aromatic rings. The Bertz CT molecular complexity index is 808. The number of hydrogen-bond donors (Lipinski definition) is 0. The smallest absolute Gasteiger partial charge is 0.387 e. The maximum Gasteiger partial charge on any atom is 0.387 e. The van der Waals surface area contributed by atoms with Gasteiger partial charge in [-0.25, -0.2) is 4.98 Å². The van der Waals surface area contributed by atoms with Crippen LogP contribution in [0.1, 0.15) is 11.3 Å². The van der Waals surface area contributed by atoms with Gasteiger partial charge in [0.1, 0.15) is 10.8 Å². The first-order chi connectivity index (χ1) is 12.1. The van der Waals surface area contributed by atoms with Crippen molar-refractivity contribution >= 4 is 11.3 Å². The minimum Gasteiger partial charge on any atom is -0.435 e. The zero-order valence-electron chi connectivity index (χ0n) is 13.7. The van der Waals surface area contributed by atoms with Gasteiger partial charge >= 0.3 is 6.61 Å². The second-order valence-corrected chi connectivity index (χ2v) is 6.57. The molecule has 0 aliphatic carbocycles. The van der Waals surface area contributed by atoms with Crippen molar-refractivity contribution in [2.75, 3.05) is 7.05 Å². The Labute approximate surface area is 149 Å². The van der Waals surface area contributed by atoms with E-state index >= 15 is 0 Å². The van der Waals surface area contributed by atoms with Crippen LogP contribution in [-0.4, -0.2) is 23.5 Å². The second-order valence-electron chi connectivity index (χ2n) is 5.71. The lowest BCUT2D eigenvalue weighted by Crippen LogP contribution is -2.17. The van der Waals surface area contributed by atoms with Crippen molar-refractivity contribution in [1.82, 2.24) is 9.88 Å². The van der Waals surface area contributed by atoms with Crippen LogP contribution in [0, 0.1) is 0 Å². The predicted octanol–water partition coefficient (Wildman–Crippen LogP) is 5.04. The van der Waals surface area contributed by atoms with Crippen molar-refractivity contribution in [2.45, 2.75) is 19.7 Å². The van der Waals surface area contributed by atoms with Crippen LogP contribution in [0.15, 0.2) is 60.0 Å². The van der Waals surface area contributed by atoms with E-state index in [9.17, 15) is 8.78 Å². The zero-order valence-corrected chi connectivity index (χ0v) is 14.5. The van der Waals surface area contributed by atoms with Gasteiger partial charge in [-0.05, 0) is 24.7 Å². The van der Waals surface area contributed by atoms with E-state index in [0.29, 0.717) is 13.1 Å². The molecule has 3 rings (SSSR count). The van der Waals surface area contributed by atoms with Gasteiger partial charge in [-0.15, -0.1) is 11.3 Å². The number of benzene rings is 2. The first-order valence-corrected chi connectivity index (χ1v) is 8.70. The number of halogens is 2. The van der Waals surface area contributed by atoms with Crippen LogP contribution in [0.2, 0.25) is 0 Å². The summed E-state index contributed by atoms with van der Waals surface area (Å²) in [5.74, 6) is 0.181. The van der Waals surface area contributed by atoms with Gasteiger partial charge in [0.25, 0.3) is 0 Å². The minimum absolute atomic E-state index is 0.181. The Hall–Kier alpha value is -2.31. The maximum absolute atomic E-state index is 12.3. The van der Waals surface area contributed by atoms with Crippen molar-refractivity contribution < 1.29 is 13.5 Å². The third-order valence-electron chi connectivity index (χ3n) is 3.58. The van der Waals surface area contributed by atoms with Crippen LogP contribution in [0.4, 0.5) is 8.78 Å². The number of nitrogens with zero attached hydrogens (tertiary/aromatic N) is 2. The largest absolute Gasteiger partial charge is 0.435 e. The van der Waals surface area contributed by atoms with Crippen molar-refractivity contribution in [3.8, 4) is 16.3 Å². The first-order valence-electron chi connectivity index (χ1n) is 7.82. The van der Waals surface area contributed by atoms with Gasteiger partial charge in [0.15, 0.2) is 0 Å². The van der Waals surface area contributed by atoms with Crippen molar-refractivity contribution in [3.05, 3.63) is 71.2 Å². The molecular weight excluding hydrogens is 342 g/mol. The van der Waals surface area contributed by atoms with Crippen molar-refractivity contribution in [3.63, 3.8) is 0 Å². The summed E-state index contributed by atoms with van der Waals surface area (Å²) >= 11 is 1.62. The Balaban J connectivity index is 1.61. The molecule has 3 nitrogen and oxygen atoms in total. The number of alkyl halides is 2. The molecule has 2 aromatic carbocycles. The summed E-state index contributed by atoms with van der Waals surface area (Å²) in [5, 5.41) is 3.05. The van der Waals surface area contributed by atoms with Gasteiger partial charge in [-0.2, -0.15) is 8.78 Å². The topological polar surface area (TPSA) is 25.4 Å². The molecular formula is C19H18F2N2OS. The minimum atomic E-state index is -2.81. The summed E-state index contributed by atoms with van der Waals surface area (Å²) in [6.45, 7) is -1.50. The fourth-order valence-corrected chi connectivity index (χ4v) is 3.37. The van der Waals surface area contributed by atoms with E-state index in [1.807, 2.05) is 43.4 Å². The monoisotopic (exact) mass is 360 g/mol. The highest BCUT2D eigenvalue weighted by Crippen LogP contribution is 2.24. The average Bonchev–Trinajstić information content (AvgIpc) is 3.03. The third kappa shape index (κ3) is 5.08. The Morgan fingerprint density at radius 1 is 1.08 bits per heavy atom. The summed E-state index contributed by atoms with van der Waals surface area (Å²) < 4.78 is 29.1. The van der Waals surface area contributed by atoms with E-state index in [1.54, 1.807) is 23.5 Å². The Kier molecular flexibility index (Phi) is 5.73. The lowest BCUT2D eigenvalue weighted by atomic mass is 10.2.